The number of likely N-dealkylation sites (tertiary alicyclic amines) is 1. The van der Waals surface area contributed by atoms with Crippen LogP contribution in [0.4, 0.5) is 0 Å². The van der Waals surface area contributed by atoms with Crippen LogP contribution in [0.25, 0.3) is 0 Å². The van der Waals surface area contributed by atoms with Crippen molar-refractivity contribution in [2.75, 3.05) is 27.3 Å². The molecule has 1 heterocycles. The molecule has 1 saturated heterocycles. The van der Waals surface area contributed by atoms with Crippen LogP contribution in [-0.4, -0.2) is 38.1 Å². The molecule has 0 unspecified atom stereocenters. The molecular weight excluding hydrogens is 414 g/mol. The monoisotopic (exact) mass is 445 g/mol. The van der Waals surface area contributed by atoms with E-state index >= 15 is 0 Å². The molecule has 0 aromatic heterocycles. The minimum Gasteiger partial charge on any atom is -0.496 e. The Morgan fingerprint density at radius 2 is 1.52 bits per heavy atom. The van der Waals surface area contributed by atoms with E-state index in [0.717, 1.165) is 37.9 Å². The van der Waals surface area contributed by atoms with Gasteiger partial charge in [0.15, 0.2) is 11.5 Å². The Bertz CT molecular complexity index is 1060. The van der Waals surface area contributed by atoms with Gasteiger partial charge >= 0.3 is 0 Å². The summed E-state index contributed by atoms with van der Waals surface area (Å²) < 4.78 is 16.8. The van der Waals surface area contributed by atoms with Crippen LogP contribution in [0.15, 0.2) is 72.8 Å². The van der Waals surface area contributed by atoms with E-state index in [4.69, 9.17) is 14.2 Å². The van der Waals surface area contributed by atoms with Crippen molar-refractivity contribution in [2.24, 2.45) is 5.92 Å². The van der Waals surface area contributed by atoms with Crippen LogP contribution < -0.4 is 14.2 Å². The molecule has 1 aliphatic rings. The van der Waals surface area contributed by atoms with Crippen LogP contribution >= 0.6 is 0 Å². The maximum atomic E-state index is 13.2. The molecule has 0 N–H and O–H groups in total. The van der Waals surface area contributed by atoms with Crippen molar-refractivity contribution < 1.29 is 19.0 Å². The number of hydrogen-bond acceptors (Lipinski definition) is 4. The number of amides is 1. The van der Waals surface area contributed by atoms with Gasteiger partial charge in [0.25, 0.3) is 5.91 Å². The highest BCUT2D eigenvalue weighted by atomic mass is 16.5. The fraction of sp³-hybridized carbons (Fsp3) is 0.321. The van der Waals surface area contributed by atoms with Crippen molar-refractivity contribution in [1.29, 1.82) is 0 Å². The van der Waals surface area contributed by atoms with Gasteiger partial charge in [-0.25, -0.2) is 0 Å². The Morgan fingerprint density at radius 3 is 2.21 bits per heavy atom. The van der Waals surface area contributed by atoms with Crippen molar-refractivity contribution in [3.63, 3.8) is 0 Å². The van der Waals surface area contributed by atoms with Crippen LogP contribution in [0.3, 0.4) is 0 Å². The van der Waals surface area contributed by atoms with E-state index in [-0.39, 0.29) is 12.5 Å². The van der Waals surface area contributed by atoms with E-state index in [0.29, 0.717) is 28.7 Å². The third-order valence-corrected chi connectivity index (χ3v) is 6.25. The second-order valence-electron chi connectivity index (χ2n) is 8.39. The van der Waals surface area contributed by atoms with E-state index in [1.165, 1.54) is 5.56 Å². The minimum absolute atomic E-state index is 0.0642. The van der Waals surface area contributed by atoms with Gasteiger partial charge < -0.3 is 19.1 Å². The lowest BCUT2D eigenvalue weighted by atomic mass is 9.90. The predicted octanol–water partition coefficient (Wildman–Crippen LogP) is 5.38. The Hall–Kier alpha value is -3.47. The summed E-state index contributed by atoms with van der Waals surface area (Å²) in [6.07, 6.45) is 3.14. The van der Waals surface area contributed by atoms with Gasteiger partial charge in [0.1, 0.15) is 12.4 Å². The molecule has 0 spiro atoms. The van der Waals surface area contributed by atoms with Gasteiger partial charge in [-0.2, -0.15) is 0 Å². The van der Waals surface area contributed by atoms with Gasteiger partial charge in [0.05, 0.1) is 14.2 Å². The number of hydrogen-bond donors (Lipinski definition) is 0. The first kappa shape index (κ1) is 22.7. The fourth-order valence-corrected chi connectivity index (χ4v) is 4.39. The first-order chi connectivity index (χ1) is 16.2. The quantitative estimate of drug-likeness (QED) is 0.467. The number of carbonyl (C=O) groups excluding carboxylic acids is 1. The zero-order chi connectivity index (χ0) is 23.0. The first-order valence-electron chi connectivity index (χ1n) is 11.4. The first-order valence-corrected chi connectivity index (χ1v) is 11.4. The van der Waals surface area contributed by atoms with Crippen molar-refractivity contribution in [1.82, 2.24) is 4.90 Å². The molecule has 0 atom stereocenters. The molecule has 33 heavy (non-hydrogen) atoms. The average Bonchev–Trinajstić information content (AvgIpc) is 2.88. The zero-order valence-electron chi connectivity index (χ0n) is 19.3. The fourth-order valence-electron chi connectivity index (χ4n) is 4.39. The molecule has 3 aromatic rings. The molecule has 0 bridgehead atoms. The van der Waals surface area contributed by atoms with Crippen LogP contribution in [0.2, 0.25) is 0 Å². The van der Waals surface area contributed by atoms with Gasteiger partial charge in [-0.3, -0.25) is 4.79 Å². The maximum Gasteiger partial charge on any atom is 0.253 e. The van der Waals surface area contributed by atoms with Crippen LogP contribution in [0, 0.1) is 5.92 Å². The summed E-state index contributed by atoms with van der Waals surface area (Å²) >= 11 is 0. The lowest BCUT2D eigenvalue weighted by molar-refractivity contribution is 0.0690. The van der Waals surface area contributed by atoms with Gasteiger partial charge in [-0.05, 0) is 61.1 Å². The van der Waals surface area contributed by atoms with Crippen LogP contribution in [-0.2, 0) is 13.0 Å². The third kappa shape index (κ3) is 5.67. The highest BCUT2D eigenvalue weighted by Crippen LogP contribution is 2.29. The van der Waals surface area contributed by atoms with E-state index < -0.39 is 0 Å². The summed E-state index contributed by atoms with van der Waals surface area (Å²) in [5.74, 6) is 2.70. The number of methoxy groups -OCH3 is 2. The zero-order valence-corrected chi connectivity index (χ0v) is 19.3. The van der Waals surface area contributed by atoms with Gasteiger partial charge in [-0.15, -0.1) is 0 Å². The SMILES string of the molecule is COc1ccc(C(=O)N2CCC(Cc3ccccc3)CC2)cc1COc1ccccc1OC. The summed E-state index contributed by atoms with van der Waals surface area (Å²) in [5.41, 5.74) is 2.86. The molecule has 5 heteroatoms. The van der Waals surface area contributed by atoms with Crippen molar-refractivity contribution in [2.45, 2.75) is 25.9 Å². The summed E-state index contributed by atoms with van der Waals surface area (Å²) in [6.45, 7) is 1.86. The summed E-state index contributed by atoms with van der Waals surface area (Å²) in [4.78, 5) is 15.2. The number of nitrogens with zero attached hydrogens (tertiary/aromatic N) is 1. The second kappa shape index (κ2) is 10.9. The Balaban J connectivity index is 1.40. The van der Waals surface area contributed by atoms with Gasteiger partial charge in [0, 0.05) is 24.2 Å². The van der Waals surface area contributed by atoms with Crippen molar-refractivity contribution >= 4 is 5.91 Å². The Kier molecular flexibility index (Phi) is 7.51. The van der Waals surface area contributed by atoms with E-state index in [2.05, 4.69) is 30.3 Å². The molecule has 0 radical (unpaired) electrons. The Morgan fingerprint density at radius 1 is 0.848 bits per heavy atom. The molecule has 1 amide bonds. The summed E-state index contributed by atoms with van der Waals surface area (Å²) in [6, 6.07) is 23.7. The van der Waals surface area contributed by atoms with E-state index in [9.17, 15) is 4.79 Å². The van der Waals surface area contributed by atoms with E-state index in [1.54, 1.807) is 14.2 Å². The smallest absolute Gasteiger partial charge is 0.253 e. The van der Waals surface area contributed by atoms with Crippen molar-refractivity contribution in [3.8, 4) is 17.2 Å². The molecule has 172 valence electrons. The highest BCUT2D eigenvalue weighted by molar-refractivity contribution is 5.94. The van der Waals surface area contributed by atoms with E-state index in [1.807, 2.05) is 47.4 Å². The largest absolute Gasteiger partial charge is 0.496 e. The Labute approximate surface area is 195 Å². The molecule has 0 saturated carbocycles. The third-order valence-electron chi connectivity index (χ3n) is 6.25. The average molecular weight is 446 g/mol. The molecule has 1 aliphatic heterocycles. The summed E-state index contributed by atoms with van der Waals surface area (Å²) in [7, 11) is 3.24. The standard InChI is InChI=1S/C28H31NO4/c1-31-25-13-12-23(19-24(25)20-33-27-11-7-6-10-26(27)32-2)28(30)29-16-14-22(15-17-29)18-21-8-4-3-5-9-21/h3-13,19,22H,14-18,20H2,1-2H3. The number of ether oxygens (including phenoxy) is 3. The highest BCUT2D eigenvalue weighted by Gasteiger charge is 2.24. The van der Waals surface area contributed by atoms with Crippen LogP contribution in [0.1, 0.15) is 34.3 Å². The number of benzene rings is 3. The number of para-hydroxylation sites is 2. The number of carbonyl (C=O) groups is 1. The van der Waals surface area contributed by atoms with Gasteiger partial charge in [-0.1, -0.05) is 42.5 Å². The van der Waals surface area contributed by atoms with Crippen LogP contribution in [0.5, 0.6) is 17.2 Å². The summed E-state index contributed by atoms with van der Waals surface area (Å²) in [5, 5.41) is 0. The van der Waals surface area contributed by atoms with Crippen molar-refractivity contribution in [3.05, 3.63) is 89.5 Å². The lowest BCUT2D eigenvalue weighted by Crippen LogP contribution is -2.39. The molecule has 1 fully saturated rings. The number of piperidine rings is 1. The lowest BCUT2D eigenvalue weighted by Gasteiger charge is -2.32. The predicted molar refractivity (Wildman–Crippen MR) is 129 cm³/mol. The van der Waals surface area contributed by atoms with Gasteiger partial charge in [0.2, 0.25) is 0 Å². The normalized spacial score (nSPS) is 14.1. The maximum absolute atomic E-state index is 13.2. The molecular formula is C28H31NO4. The topological polar surface area (TPSA) is 48.0 Å². The molecule has 0 aliphatic carbocycles. The minimum atomic E-state index is 0.0642. The molecule has 3 aromatic carbocycles. The molecule has 4 rings (SSSR count). The molecule has 5 nitrogen and oxygen atoms in total. The second-order valence-corrected chi connectivity index (χ2v) is 8.39. The number of rotatable bonds is 8.